The minimum absolute atomic E-state index is 0.179. The molecule has 2 rings (SSSR count). The van der Waals surface area contributed by atoms with Crippen molar-refractivity contribution < 1.29 is 13.9 Å². The quantitative estimate of drug-likeness (QED) is 0.168. The van der Waals surface area contributed by atoms with Crippen LogP contribution in [0.25, 0.3) is 10.9 Å². The van der Waals surface area contributed by atoms with E-state index in [2.05, 4.69) is 23.3 Å². The Morgan fingerprint density at radius 2 is 1.91 bits per heavy atom. The van der Waals surface area contributed by atoms with Crippen LogP contribution in [-0.4, -0.2) is 17.4 Å². The van der Waals surface area contributed by atoms with E-state index >= 15 is 0 Å². The highest BCUT2D eigenvalue weighted by Crippen LogP contribution is 2.29. The maximum atomic E-state index is 14.3. The third kappa shape index (κ3) is 7.47. The van der Waals surface area contributed by atoms with Gasteiger partial charge in [-0.1, -0.05) is 64.7 Å². The number of amides is 1. The summed E-state index contributed by atoms with van der Waals surface area (Å²) >= 11 is 0. The predicted octanol–water partition coefficient (Wildman–Crippen LogP) is 6.94. The Hall–Kier alpha value is -2.69. The first kappa shape index (κ1) is 25.6. The fraction of sp³-hybridized carbons (Fsp3) is 0.481. The second kappa shape index (κ2) is 13.0. The third-order valence-electron chi connectivity index (χ3n) is 5.43. The SMILES string of the molecule is CCCCCCC/C=C/C=C(\Oc1nc2cccc(F)c2c(C)c1C)C(=O)NCC(C)C. The highest BCUT2D eigenvalue weighted by molar-refractivity contribution is 5.92. The molecule has 2 aromatic rings. The summed E-state index contributed by atoms with van der Waals surface area (Å²) in [7, 11) is 0. The van der Waals surface area contributed by atoms with Gasteiger partial charge < -0.3 is 10.1 Å². The van der Waals surface area contributed by atoms with Gasteiger partial charge in [0.05, 0.1) is 5.52 Å². The van der Waals surface area contributed by atoms with E-state index in [1.807, 2.05) is 33.8 Å². The molecule has 1 N–H and O–H groups in total. The first-order valence-electron chi connectivity index (χ1n) is 11.7. The van der Waals surface area contributed by atoms with Gasteiger partial charge in [0.2, 0.25) is 5.88 Å². The van der Waals surface area contributed by atoms with Crippen LogP contribution in [-0.2, 0) is 4.79 Å². The van der Waals surface area contributed by atoms with E-state index in [4.69, 9.17) is 4.74 Å². The number of unbranched alkanes of at least 4 members (excludes halogenated alkanes) is 5. The molecule has 0 saturated carbocycles. The van der Waals surface area contributed by atoms with E-state index in [1.165, 1.54) is 31.7 Å². The number of benzene rings is 1. The Morgan fingerprint density at radius 1 is 1.16 bits per heavy atom. The van der Waals surface area contributed by atoms with Crippen LogP contribution in [0.2, 0.25) is 0 Å². The minimum atomic E-state index is -0.311. The minimum Gasteiger partial charge on any atom is -0.433 e. The highest BCUT2D eigenvalue weighted by atomic mass is 19.1. The number of hydrogen-bond donors (Lipinski definition) is 1. The number of halogens is 1. The van der Waals surface area contributed by atoms with Crippen molar-refractivity contribution in [1.82, 2.24) is 10.3 Å². The van der Waals surface area contributed by atoms with Gasteiger partial charge >= 0.3 is 0 Å². The smallest absolute Gasteiger partial charge is 0.287 e. The molecule has 174 valence electrons. The van der Waals surface area contributed by atoms with Crippen LogP contribution in [0.3, 0.4) is 0 Å². The van der Waals surface area contributed by atoms with Crippen molar-refractivity contribution in [2.45, 2.75) is 73.1 Å². The number of nitrogens with zero attached hydrogens (tertiary/aromatic N) is 1. The highest BCUT2D eigenvalue weighted by Gasteiger charge is 2.17. The number of rotatable bonds is 12. The van der Waals surface area contributed by atoms with Crippen molar-refractivity contribution in [2.24, 2.45) is 5.92 Å². The zero-order valence-electron chi connectivity index (χ0n) is 20.1. The summed E-state index contributed by atoms with van der Waals surface area (Å²) < 4.78 is 20.3. The number of pyridine rings is 1. The van der Waals surface area contributed by atoms with Crippen LogP contribution in [0.1, 0.15) is 70.4 Å². The molecule has 0 aliphatic rings. The lowest BCUT2D eigenvalue weighted by atomic mass is 10.1. The molecule has 0 spiro atoms. The molecule has 32 heavy (non-hydrogen) atoms. The summed E-state index contributed by atoms with van der Waals surface area (Å²) in [5.41, 5.74) is 1.98. The van der Waals surface area contributed by atoms with Gasteiger partial charge in [0, 0.05) is 17.5 Å². The van der Waals surface area contributed by atoms with E-state index in [-0.39, 0.29) is 17.5 Å². The van der Waals surface area contributed by atoms with Crippen molar-refractivity contribution in [1.29, 1.82) is 0 Å². The maximum Gasteiger partial charge on any atom is 0.287 e. The van der Waals surface area contributed by atoms with Crippen LogP contribution in [0.5, 0.6) is 5.88 Å². The number of aromatic nitrogens is 1. The zero-order chi connectivity index (χ0) is 23.5. The lowest BCUT2D eigenvalue weighted by Gasteiger charge is -2.15. The summed E-state index contributed by atoms with van der Waals surface area (Å²) in [4.78, 5) is 17.3. The number of ether oxygens (including phenoxy) is 1. The van der Waals surface area contributed by atoms with Gasteiger partial charge in [-0.2, -0.15) is 0 Å². The van der Waals surface area contributed by atoms with E-state index in [1.54, 1.807) is 18.2 Å². The molecule has 0 fully saturated rings. The van der Waals surface area contributed by atoms with Crippen LogP contribution in [0.15, 0.2) is 42.2 Å². The molecule has 1 amide bonds. The first-order chi connectivity index (χ1) is 15.3. The largest absolute Gasteiger partial charge is 0.433 e. The number of allylic oxidation sites excluding steroid dienone is 3. The van der Waals surface area contributed by atoms with Gasteiger partial charge in [0.1, 0.15) is 5.82 Å². The van der Waals surface area contributed by atoms with Gasteiger partial charge in [-0.3, -0.25) is 4.79 Å². The fourth-order valence-electron chi connectivity index (χ4n) is 3.38. The lowest BCUT2D eigenvalue weighted by Crippen LogP contribution is -2.30. The predicted molar refractivity (Wildman–Crippen MR) is 130 cm³/mol. The fourth-order valence-corrected chi connectivity index (χ4v) is 3.38. The standard InChI is InChI=1S/C27H37FN2O2/c1-6-7-8-9-10-11-12-13-17-24(26(31)29-18-19(2)3)32-27-21(5)20(4)25-22(28)15-14-16-23(25)30-27/h12-17,19H,6-11,18H2,1-5H3,(H,29,31)/b13-12+,24-17-. The molecule has 5 heteroatoms. The number of carbonyl (C=O) groups is 1. The van der Waals surface area contributed by atoms with Crippen molar-refractivity contribution in [3.8, 4) is 5.88 Å². The van der Waals surface area contributed by atoms with Crippen molar-refractivity contribution in [3.05, 3.63) is 59.1 Å². The van der Waals surface area contributed by atoms with Gasteiger partial charge in [0.15, 0.2) is 5.76 Å². The van der Waals surface area contributed by atoms with E-state index in [0.717, 1.165) is 18.4 Å². The molecule has 0 aliphatic carbocycles. The molecular formula is C27H37FN2O2. The number of fused-ring (bicyclic) bond motifs is 1. The summed E-state index contributed by atoms with van der Waals surface area (Å²) in [6, 6.07) is 4.80. The lowest BCUT2D eigenvalue weighted by molar-refractivity contribution is -0.119. The Morgan fingerprint density at radius 3 is 2.62 bits per heavy atom. The van der Waals surface area contributed by atoms with Crippen molar-refractivity contribution >= 4 is 16.8 Å². The molecule has 0 atom stereocenters. The molecule has 0 unspecified atom stereocenters. The van der Waals surface area contributed by atoms with Crippen LogP contribution < -0.4 is 10.1 Å². The number of carbonyl (C=O) groups excluding carboxylic acids is 1. The molecule has 1 aromatic heterocycles. The van der Waals surface area contributed by atoms with Crippen LogP contribution in [0.4, 0.5) is 4.39 Å². The number of nitrogens with one attached hydrogen (secondary N) is 1. The zero-order valence-corrected chi connectivity index (χ0v) is 20.1. The van der Waals surface area contributed by atoms with Gasteiger partial charge in [-0.25, -0.2) is 9.37 Å². The maximum absolute atomic E-state index is 14.3. The number of aryl methyl sites for hydroxylation is 1. The van der Waals surface area contributed by atoms with Crippen molar-refractivity contribution in [2.75, 3.05) is 6.54 Å². The molecule has 0 saturated heterocycles. The van der Waals surface area contributed by atoms with E-state index in [9.17, 15) is 9.18 Å². The van der Waals surface area contributed by atoms with E-state index < -0.39 is 0 Å². The van der Waals surface area contributed by atoms with Gasteiger partial charge in [-0.05, 0) is 56.4 Å². The Bertz CT molecular complexity index is 964. The Labute approximate surface area is 192 Å². The Balaban J connectivity index is 2.22. The Kier molecular flexibility index (Phi) is 10.4. The van der Waals surface area contributed by atoms with E-state index in [0.29, 0.717) is 34.8 Å². The molecule has 1 heterocycles. The normalized spacial score (nSPS) is 12.2. The topological polar surface area (TPSA) is 51.2 Å². The summed E-state index contributed by atoms with van der Waals surface area (Å²) in [6.07, 6.45) is 12.7. The summed E-state index contributed by atoms with van der Waals surface area (Å²) in [6.45, 7) is 10.5. The molecule has 1 aromatic carbocycles. The van der Waals surface area contributed by atoms with Crippen LogP contribution >= 0.6 is 0 Å². The summed E-state index contributed by atoms with van der Waals surface area (Å²) in [5.74, 6) is 0.224. The van der Waals surface area contributed by atoms with Crippen molar-refractivity contribution in [3.63, 3.8) is 0 Å². The average Bonchev–Trinajstić information content (AvgIpc) is 2.76. The summed E-state index contributed by atoms with van der Waals surface area (Å²) in [5, 5.41) is 3.39. The average molecular weight is 441 g/mol. The molecular weight excluding hydrogens is 403 g/mol. The monoisotopic (exact) mass is 440 g/mol. The first-order valence-corrected chi connectivity index (χ1v) is 11.7. The van der Waals surface area contributed by atoms with Crippen LogP contribution in [0, 0.1) is 25.6 Å². The number of hydrogen-bond acceptors (Lipinski definition) is 3. The van der Waals surface area contributed by atoms with Gasteiger partial charge in [0.25, 0.3) is 5.91 Å². The third-order valence-corrected chi connectivity index (χ3v) is 5.43. The molecule has 0 aliphatic heterocycles. The molecule has 4 nitrogen and oxygen atoms in total. The molecule has 0 radical (unpaired) electrons. The second-order valence-electron chi connectivity index (χ2n) is 8.67. The van der Waals surface area contributed by atoms with Gasteiger partial charge in [-0.15, -0.1) is 0 Å². The second-order valence-corrected chi connectivity index (χ2v) is 8.67. The molecule has 0 bridgehead atoms.